The molecule has 0 radical (unpaired) electrons. The van der Waals surface area contributed by atoms with E-state index in [4.69, 9.17) is 9.47 Å². The number of nitrogens with zero attached hydrogens (tertiary/aromatic N) is 1. The standard InChI is InChI=1S/C16H23NO3S/c1-2-19-10-13-3-4-14-15(20-13)5-7-17(14)16(18)9-12-6-8-21-11-12/h6,8,11,13-15H,2-5,7,9-10H2,1H3/t13-,14-,15-/m0/s1. The van der Waals surface area contributed by atoms with E-state index >= 15 is 0 Å². The summed E-state index contributed by atoms with van der Waals surface area (Å²) in [5.41, 5.74) is 1.12. The van der Waals surface area contributed by atoms with Crippen molar-refractivity contribution < 1.29 is 14.3 Å². The maximum absolute atomic E-state index is 12.5. The maximum atomic E-state index is 12.5. The lowest BCUT2D eigenvalue weighted by Gasteiger charge is -2.35. The third-order valence-corrected chi connectivity index (χ3v) is 5.13. The normalized spacial score (nSPS) is 28.6. The van der Waals surface area contributed by atoms with Crippen LogP contribution in [0.2, 0.25) is 0 Å². The lowest BCUT2D eigenvalue weighted by atomic mass is 9.99. The minimum atomic E-state index is 0.204. The molecular weight excluding hydrogens is 286 g/mol. The van der Waals surface area contributed by atoms with E-state index in [0.717, 1.165) is 38.0 Å². The average molecular weight is 309 g/mol. The molecule has 3 heterocycles. The highest BCUT2D eigenvalue weighted by molar-refractivity contribution is 7.07. The Morgan fingerprint density at radius 3 is 3.14 bits per heavy atom. The molecule has 4 nitrogen and oxygen atoms in total. The predicted octanol–water partition coefficient (Wildman–Crippen LogP) is 2.48. The Morgan fingerprint density at radius 2 is 2.38 bits per heavy atom. The Labute approximate surface area is 130 Å². The number of fused-ring (bicyclic) bond motifs is 1. The van der Waals surface area contributed by atoms with E-state index < -0.39 is 0 Å². The highest BCUT2D eigenvalue weighted by atomic mass is 32.1. The van der Waals surface area contributed by atoms with Gasteiger partial charge in [0.2, 0.25) is 5.91 Å². The highest BCUT2D eigenvalue weighted by Crippen LogP contribution is 2.32. The summed E-state index contributed by atoms with van der Waals surface area (Å²) >= 11 is 1.65. The summed E-state index contributed by atoms with van der Waals surface area (Å²) in [5.74, 6) is 0.243. The summed E-state index contributed by atoms with van der Waals surface area (Å²) in [6.45, 7) is 4.26. The molecule has 0 spiro atoms. The van der Waals surface area contributed by atoms with Crippen molar-refractivity contribution in [2.24, 2.45) is 0 Å². The summed E-state index contributed by atoms with van der Waals surface area (Å²) < 4.78 is 11.6. The van der Waals surface area contributed by atoms with E-state index in [0.29, 0.717) is 13.0 Å². The van der Waals surface area contributed by atoms with Crippen LogP contribution in [0.1, 0.15) is 31.7 Å². The van der Waals surface area contributed by atoms with Crippen molar-refractivity contribution in [2.45, 2.75) is 50.9 Å². The van der Waals surface area contributed by atoms with Crippen LogP contribution in [0.5, 0.6) is 0 Å². The smallest absolute Gasteiger partial charge is 0.227 e. The number of amides is 1. The summed E-state index contributed by atoms with van der Waals surface area (Å²) in [4.78, 5) is 14.5. The fourth-order valence-corrected chi connectivity index (χ4v) is 4.02. The van der Waals surface area contributed by atoms with Gasteiger partial charge in [-0.15, -0.1) is 0 Å². The molecule has 0 aromatic carbocycles. The van der Waals surface area contributed by atoms with Crippen molar-refractivity contribution in [3.05, 3.63) is 22.4 Å². The van der Waals surface area contributed by atoms with Crippen molar-refractivity contribution in [1.29, 1.82) is 0 Å². The molecule has 1 aromatic rings. The minimum Gasteiger partial charge on any atom is -0.379 e. The first-order valence-electron chi connectivity index (χ1n) is 7.81. The molecule has 5 heteroatoms. The second-order valence-corrected chi connectivity index (χ2v) is 6.56. The number of hydrogen-bond donors (Lipinski definition) is 0. The Kier molecular flexibility index (Phi) is 4.93. The van der Waals surface area contributed by atoms with Crippen LogP contribution in [0.25, 0.3) is 0 Å². The molecule has 2 aliphatic heterocycles. The number of carbonyl (C=O) groups is 1. The van der Waals surface area contributed by atoms with Crippen LogP contribution < -0.4 is 0 Å². The molecule has 2 aliphatic rings. The predicted molar refractivity (Wildman–Crippen MR) is 82.5 cm³/mol. The third-order valence-electron chi connectivity index (χ3n) is 4.40. The van der Waals surface area contributed by atoms with E-state index in [2.05, 4.69) is 5.38 Å². The molecule has 1 amide bonds. The van der Waals surface area contributed by atoms with Crippen LogP contribution >= 0.6 is 11.3 Å². The first-order valence-corrected chi connectivity index (χ1v) is 8.76. The largest absolute Gasteiger partial charge is 0.379 e. The van der Waals surface area contributed by atoms with Gasteiger partial charge in [0.05, 0.1) is 31.3 Å². The number of hydrogen-bond acceptors (Lipinski definition) is 4. The van der Waals surface area contributed by atoms with Crippen molar-refractivity contribution in [1.82, 2.24) is 4.90 Å². The van der Waals surface area contributed by atoms with E-state index in [1.165, 1.54) is 0 Å². The molecule has 3 rings (SSSR count). The van der Waals surface area contributed by atoms with Gasteiger partial charge in [0.15, 0.2) is 0 Å². The zero-order valence-corrected chi connectivity index (χ0v) is 13.3. The first-order chi connectivity index (χ1) is 10.3. The highest BCUT2D eigenvalue weighted by Gasteiger charge is 2.41. The van der Waals surface area contributed by atoms with Crippen LogP contribution in [-0.4, -0.2) is 48.8 Å². The van der Waals surface area contributed by atoms with E-state index in [1.807, 2.05) is 23.3 Å². The molecule has 0 unspecified atom stereocenters. The quantitative estimate of drug-likeness (QED) is 0.839. The van der Waals surface area contributed by atoms with Gasteiger partial charge >= 0.3 is 0 Å². The lowest BCUT2D eigenvalue weighted by Crippen LogP contribution is -2.46. The van der Waals surface area contributed by atoms with Gasteiger partial charge in [-0.25, -0.2) is 0 Å². The third kappa shape index (κ3) is 3.47. The first kappa shape index (κ1) is 15.0. The summed E-state index contributed by atoms with van der Waals surface area (Å²) in [6, 6.07) is 2.31. The number of carbonyl (C=O) groups excluding carboxylic acids is 1. The van der Waals surface area contributed by atoms with Crippen LogP contribution in [0.4, 0.5) is 0 Å². The molecule has 2 fully saturated rings. The molecule has 1 aromatic heterocycles. The molecule has 0 bridgehead atoms. The van der Waals surface area contributed by atoms with Crippen LogP contribution in [0, 0.1) is 0 Å². The topological polar surface area (TPSA) is 38.8 Å². The molecule has 2 saturated heterocycles. The molecule has 116 valence electrons. The van der Waals surface area contributed by atoms with Gasteiger partial charge in [-0.3, -0.25) is 4.79 Å². The van der Waals surface area contributed by atoms with E-state index in [9.17, 15) is 4.79 Å². The Morgan fingerprint density at radius 1 is 1.48 bits per heavy atom. The molecule has 0 aliphatic carbocycles. The summed E-state index contributed by atoms with van der Waals surface area (Å²) in [7, 11) is 0. The van der Waals surface area contributed by atoms with Gasteiger partial charge in [-0.2, -0.15) is 11.3 Å². The fraction of sp³-hybridized carbons (Fsp3) is 0.688. The van der Waals surface area contributed by atoms with Gasteiger partial charge in [0, 0.05) is 13.2 Å². The molecular formula is C16H23NO3S. The second-order valence-electron chi connectivity index (χ2n) is 5.78. The van der Waals surface area contributed by atoms with E-state index in [1.54, 1.807) is 11.3 Å². The Hall–Kier alpha value is -0.910. The van der Waals surface area contributed by atoms with Gasteiger partial charge < -0.3 is 14.4 Å². The monoisotopic (exact) mass is 309 g/mol. The molecule has 3 atom stereocenters. The zero-order chi connectivity index (χ0) is 14.7. The number of thiophene rings is 1. The Bertz CT molecular complexity index is 462. The average Bonchev–Trinajstić information content (AvgIpc) is 3.13. The number of rotatable bonds is 5. The zero-order valence-electron chi connectivity index (χ0n) is 12.5. The summed E-state index contributed by atoms with van der Waals surface area (Å²) in [5, 5.41) is 4.08. The van der Waals surface area contributed by atoms with Crippen molar-refractivity contribution in [2.75, 3.05) is 19.8 Å². The molecule has 0 saturated carbocycles. The van der Waals surface area contributed by atoms with Crippen LogP contribution in [0.15, 0.2) is 16.8 Å². The van der Waals surface area contributed by atoms with Crippen LogP contribution in [0.3, 0.4) is 0 Å². The van der Waals surface area contributed by atoms with Crippen molar-refractivity contribution in [3.63, 3.8) is 0 Å². The van der Waals surface area contributed by atoms with Gasteiger partial charge in [-0.05, 0) is 48.6 Å². The number of likely N-dealkylation sites (tertiary alicyclic amines) is 1. The molecule has 0 N–H and O–H groups in total. The lowest BCUT2D eigenvalue weighted by molar-refractivity contribution is -0.138. The molecule has 21 heavy (non-hydrogen) atoms. The number of ether oxygens (including phenoxy) is 2. The Balaban J connectivity index is 1.55. The van der Waals surface area contributed by atoms with Gasteiger partial charge in [0.1, 0.15) is 0 Å². The SMILES string of the molecule is CCOC[C@@H]1CC[C@H]2[C@H](CCN2C(=O)Cc2ccsc2)O1. The van der Waals surface area contributed by atoms with Crippen molar-refractivity contribution in [3.8, 4) is 0 Å². The van der Waals surface area contributed by atoms with E-state index in [-0.39, 0.29) is 24.2 Å². The van der Waals surface area contributed by atoms with Gasteiger partial charge in [0.25, 0.3) is 0 Å². The van der Waals surface area contributed by atoms with Gasteiger partial charge in [-0.1, -0.05) is 0 Å². The maximum Gasteiger partial charge on any atom is 0.227 e. The van der Waals surface area contributed by atoms with Crippen molar-refractivity contribution >= 4 is 17.2 Å². The van der Waals surface area contributed by atoms with Crippen LogP contribution in [-0.2, 0) is 20.7 Å². The minimum absolute atomic E-state index is 0.204. The summed E-state index contributed by atoms with van der Waals surface area (Å²) in [6.07, 6.45) is 3.92. The fourth-order valence-electron chi connectivity index (χ4n) is 3.35. The second kappa shape index (κ2) is 6.90.